The number of H-pyrrole nitrogens is 1. The molecule has 0 radical (unpaired) electrons. The summed E-state index contributed by atoms with van der Waals surface area (Å²) in [7, 11) is 0. The summed E-state index contributed by atoms with van der Waals surface area (Å²) in [4.78, 5) is 14.4. The normalized spacial score (nSPS) is 10.6. The second kappa shape index (κ2) is 8.93. The molecular formula is C17H19BrN4O4. The quantitative estimate of drug-likeness (QED) is 0.378. The van der Waals surface area contributed by atoms with Crippen molar-refractivity contribution in [2.75, 3.05) is 6.54 Å². The van der Waals surface area contributed by atoms with E-state index in [-0.39, 0.29) is 44.5 Å². The third-order valence-corrected chi connectivity index (χ3v) is 4.85. The summed E-state index contributed by atoms with van der Waals surface area (Å²) in [5.74, 6) is -0.353. The van der Waals surface area contributed by atoms with Crippen LogP contribution in [0, 0.1) is 11.3 Å². The summed E-state index contributed by atoms with van der Waals surface area (Å²) < 4.78 is 0.479. The van der Waals surface area contributed by atoms with Gasteiger partial charge in [-0.2, -0.15) is 5.26 Å². The van der Waals surface area contributed by atoms with Crippen molar-refractivity contribution in [2.24, 2.45) is 5.73 Å². The van der Waals surface area contributed by atoms with Gasteiger partial charge in [-0.05, 0) is 38.2 Å². The molecule has 2 rings (SSSR count). The SMILES string of the molecule is N#Cc1[nH]c(CNC(=O)CN)c(-c2ccc(CO)c(CO)c2CO)c1Br. The van der Waals surface area contributed by atoms with Crippen molar-refractivity contribution in [1.82, 2.24) is 10.3 Å². The van der Waals surface area contributed by atoms with Crippen LogP contribution in [0.4, 0.5) is 0 Å². The fourth-order valence-electron chi connectivity index (χ4n) is 2.78. The minimum absolute atomic E-state index is 0.104. The second-order valence-corrected chi connectivity index (χ2v) is 6.26. The van der Waals surface area contributed by atoms with E-state index in [9.17, 15) is 25.4 Å². The molecule has 0 aliphatic heterocycles. The van der Waals surface area contributed by atoms with Crippen LogP contribution in [-0.2, 0) is 31.2 Å². The molecule has 138 valence electrons. The molecule has 9 heteroatoms. The summed E-state index contributed by atoms with van der Waals surface area (Å²) in [6, 6.07) is 5.37. The highest BCUT2D eigenvalue weighted by molar-refractivity contribution is 9.10. The molecular weight excluding hydrogens is 404 g/mol. The van der Waals surface area contributed by atoms with Crippen molar-refractivity contribution in [3.05, 3.63) is 44.7 Å². The molecule has 26 heavy (non-hydrogen) atoms. The Hall–Kier alpha value is -2.22. The maximum atomic E-state index is 11.5. The van der Waals surface area contributed by atoms with E-state index < -0.39 is 0 Å². The van der Waals surface area contributed by atoms with E-state index in [1.54, 1.807) is 12.1 Å². The number of carbonyl (C=O) groups is 1. The van der Waals surface area contributed by atoms with Crippen molar-refractivity contribution in [3.8, 4) is 17.2 Å². The Bertz CT molecular complexity index is 857. The van der Waals surface area contributed by atoms with Gasteiger partial charge in [0.15, 0.2) is 0 Å². The van der Waals surface area contributed by atoms with Crippen LogP contribution >= 0.6 is 15.9 Å². The highest BCUT2D eigenvalue weighted by Gasteiger charge is 2.22. The smallest absolute Gasteiger partial charge is 0.234 e. The molecule has 0 atom stereocenters. The molecule has 0 saturated carbocycles. The third kappa shape index (κ3) is 3.80. The Kier molecular flexibility index (Phi) is 6.90. The summed E-state index contributed by atoms with van der Waals surface area (Å²) in [6.07, 6.45) is 0. The number of aliphatic hydroxyl groups is 3. The van der Waals surface area contributed by atoms with Crippen LogP contribution in [0.15, 0.2) is 16.6 Å². The molecule has 1 aromatic heterocycles. The van der Waals surface area contributed by atoms with Crippen LogP contribution in [0.1, 0.15) is 28.1 Å². The van der Waals surface area contributed by atoms with Crippen molar-refractivity contribution >= 4 is 21.8 Å². The first-order chi connectivity index (χ1) is 12.5. The fraction of sp³-hybridized carbons (Fsp3) is 0.294. The number of aliphatic hydroxyl groups excluding tert-OH is 3. The zero-order chi connectivity index (χ0) is 19.3. The summed E-state index contributed by atoms with van der Waals surface area (Å²) in [6.45, 7) is -1.06. The molecule has 0 aliphatic carbocycles. The molecule has 1 heterocycles. The molecule has 8 nitrogen and oxygen atoms in total. The van der Waals surface area contributed by atoms with E-state index in [0.717, 1.165) is 0 Å². The van der Waals surface area contributed by atoms with Crippen molar-refractivity contribution in [1.29, 1.82) is 5.26 Å². The van der Waals surface area contributed by atoms with Gasteiger partial charge < -0.3 is 31.4 Å². The van der Waals surface area contributed by atoms with Gasteiger partial charge in [0, 0.05) is 11.3 Å². The standard InChI is InChI=1S/C17H19BrN4O4/c18-17-13(3-19)22-14(5-21-15(26)4-20)16(17)10-2-1-9(6-23)11(7-24)12(10)8-25/h1-2,22-25H,4-8,20H2,(H,21,26). The maximum absolute atomic E-state index is 11.5. The molecule has 0 bridgehead atoms. The number of nitrogens with zero attached hydrogens (tertiary/aromatic N) is 1. The highest BCUT2D eigenvalue weighted by atomic mass is 79.9. The predicted molar refractivity (Wildman–Crippen MR) is 97.3 cm³/mol. The number of rotatable bonds is 7. The number of benzene rings is 1. The molecule has 1 amide bonds. The molecule has 7 N–H and O–H groups in total. The minimum atomic E-state index is -0.368. The first kappa shape index (κ1) is 20.1. The van der Waals surface area contributed by atoms with Gasteiger partial charge >= 0.3 is 0 Å². The van der Waals surface area contributed by atoms with Crippen molar-refractivity contribution in [2.45, 2.75) is 26.4 Å². The largest absolute Gasteiger partial charge is 0.392 e. The molecule has 0 fully saturated rings. The monoisotopic (exact) mass is 422 g/mol. The van der Waals surface area contributed by atoms with E-state index in [1.807, 2.05) is 6.07 Å². The Balaban J connectivity index is 2.66. The number of aromatic nitrogens is 1. The van der Waals surface area contributed by atoms with Gasteiger partial charge in [-0.1, -0.05) is 12.1 Å². The lowest BCUT2D eigenvalue weighted by Crippen LogP contribution is -2.30. The van der Waals surface area contributed by atoms with Gasteiger partial charge in [-0.25, -0.2) is 0 Å². The molecule has 0 unspecified atom stereocenters. The maximum Gasteiger partial charge on any atom is 0.234 e. The topological polar surface area (TPSA) is 155 Å². The van der Waals surface area contributed by atoms with Gasteiger partial charge in [0.05, 0.1) is 37.4 Å². The Morgan fingerprint density at radius 3 is 2.46 bits per heavy atom. The average molecular weight is 423 g/mol. The lowest BCUT2D eigenvalue weighted by molar-refractivity contribution is -0.119. The number of aromatic amines is 1. The van der Waals surface area contributed by atoms with Gasteiger partial charge in [0.2, 0.25) is 5.91 Å². The molecule has 0 saturated heterocycles. The van der Waals surface area contributed by atoms with Crippen LogP contribution in [0.5, 0.6) is 0 Å². The molecule has 1 aromatic carbocycles. The van der Waals surface area contributed by atoms with Gasteiger partial charge in [-0.15, -0.1) is 0 Å². The van der Waals surface area contributed by atoms with Gasteiger partial charge in [0.25, 0.3) is 0 Å². The van der Waals surface area contributed by atoms with Gasteiger partial charge in [0.1, 0.15) is 11.8 Å². The Morgan fingerprint density at radius 2 is 1.92 bits per heavy atom. The zero-order valence-corrected chi connectivity index (χ0v) is 15.4. The number of hydrogen-bond donors (Lipinski definition) is 6. The number of nitrogens with two attached hydrogens (primary N) is 1. The van der Waals surface area contributed by atoms with Crippen molar-refractivity contribution < 1.29 is 20.1 Å². The third-order valence-electron chi connectivity index (χ3n) is 4.06. The first-order valence-corrected chi connectivity index (χ1v) is 8.55. The van der Waals surface area contributed by atoms with Crippen LogP contribution in [0.25, 0.3) is 11.1 Å². The van der Waals surface area contributed by atoms with Crippen LogP contribution in [-0.4, -0.2) is 32.8 Å². The number of halogens is 1. The number of nitriles is 1. The molecule has 0 aliphatic rings. The summed E-state index contributed by atoms with van der Waals surface area (Å²) in [5, 5.41) is 40.9. The number of amides is 1. The first-order valence-electron chi connectivity index (χ1n) is 7.76. The van der Waals surface area contributed by atoms with E-state index in [2.05, 4.69) is 26.2 Å². The summed E-state index contributed by atoms with van der Waals surface area (Å²) >= 11 is 3.38. The number of hydrogen-bond acceptors (Lipinski definition) is 6. The molecule has 2 aromatic rings. The lowest BCUT2D eigenvalue weighted by Gasteiger charge is -2.16. The average Bonchev–Trinajstić information content (AvgIpc) is 2.99. The van der Waals surface area contributed by atoms with E-state index >= 15 is 0 Å². The second-order valence-electron chi connectivity index (χ2n) is 5.46. The van der Waals surface area contributed by atoms with Crippen LogP contribution in [0.3, 0.4) is 0 Å². The lowest BCUT2D eigenvalue weighted by atomic mass is 9.92. The van der Waals surface area contributed by atoms with Crippen LogP contribution in [0.2, 0.25) is 0 Å². The predicted octanol–water partition coefficient (Wildman–Crippen LogP) is 0.368. The van der Waals surface area contributed by atoms with Crippen molar-refractivity contribution in [3.63, 3.8) is 0 Å². The Labute approximate surface area is 158 Å². The van der Waals surface area contributed by atoms with E-state index in [1.165, 1.54) is 0 Å². The van der Waals surface area contributed by atoms with Gasteiger partial charge in [-0.3, -0.25) is 4.79 Å². The summed E-state index contributed by atoms with van der Waals surface area (Å²) in [5.41, 5.74) is 8.64. The number of nitrogens with one attached hydrogen (secondary N) is 2. The fourth-order valence-corrected chi connectivity index (χ4v) is 3.42. The minimum Gasteiger partial charge on any atom is -0.392 e. The highest BCUT2D eigenvalue weighted by Crippen LogP contribution is 2.38. The zero-order valence-electron chi connectivity index (χ0n) is 13.8. The number of carbonyl (C=O) groups excluding carboxylic acids is 1. The molecule has 0 spiro atoms. The van der Waals surface area contributed by atoms with E-state index in [4.69, 9.17) is 5.73 Å². The van der Waals surface area contributed by atoms with Crippen LogP contribution < -0.4 is 11.1 Å². The van der Waals surface area contributed by atoms with E-state index in [0.29, 0.717) is 38.0 Å². The Morgan fingerprint density at radius 1 is 1.23 bits per heavy atom.